The summed E-state index contributed by atoms with van der Waals surface area (Å²) in [6.07, 6.45) is -4.58. The fourth-order valence-corrected chi connectivity index (χ4v) is 1.54. The minimum atomic E-state index is -1.35. The van der Waals surface area contributed by atoms with Gasteiger partial charge in [-0.15, -0.1) is 0 Å². The third kappa shape index (κ3) is 2.46. The Morgan fingerprint density at radius 1 is 1.40 bits per heavy atom. The number of carboxylic acids is 1. The van der Waals surface area contributed by atoms with Crippen molar-refractivity contribution in [2.45, 2.75) is 38.4 Å². The summed E-state index contributed by atoms with van der Waals surface area (Å²) in [5, 5.41) is 28.0. The van der Waals surface area contributed by atoms with E-state index in [1.807, 2.05) is 0 Å². The molecule has 15 heavy (non-hydrogen) atoms. The smallest absolute Gasteiger partial charge is 0.335 e. The van der Waals surface area contributed by atoms with Crippen LogP contribution in [0.2, 0.25) is 0 Å². The highest BCUT2D eigenvalue weighted by atomic mass is 16.7. The molecular formula is C9H16O6. The van der Waals surface area contributed by atoms with Crippen LogP contribution in [-0.2, 0) is 14.3 Å². The van der Waals surface area contributed by atoms with Gasteiger partial charge in [-0.25, -0.2) is 4.79 Å². The number of hydrogen-bond donors (Lipinski definition) is 3. The summed E-state index contributed by atoms with van der Waals surface area (Å²) < 4.78 is 10.0. The molecule has 0 amide bonds. The van der Waals surface area contributed by atoms with Crippen molar-refractivity contribution in [2.75, 3.05) is 6.61 Å². The van der Waals surface area contributed by atoms with E-state index >= 15 is 0 Å². The molecule has 0 aromatic heterocycles. The lowest BCUT2D eigenvalue weighted by atomic mass is 9.91. The molecule has 0 aromatic carbocycles. The first-order valence-electron chi connectivity index (χ1n) is 4.85. The number of ether oxygens (including phenoxy) is 2. The third-order valence-corrected chi connectivity index (χ3v) is 2.52. The Kier molecular flexibility index (Phi) is 4.04. The SMILES string of the molecule is CCO[C@@H]1O[C@H](C(=O)O)[C@@H](O)[C@H](C)[C@H]1O. The van der Waals surface area contributed by atoms with E-state index in [1.54, 1.807) is 13.8 Å². The van der Waals surface area contributed by atoms with Gasteiger partial charge >= 0.3 is 5.97 Å². The molecule has 0 aliphatic carbocycles. The summed E-state index contributed by atoms with van der Waals surface area (Å²) in [5.74, 6) is -1.86. The van der Waals surface area contributed by atoms with Crippen LogP contribution in [0.3, 0.4) is 0 Å². The fourth-order valence-electron chi connectivity index (χ4n) is 1.54. The lowest BCUT2D eigenvalue weighted by molar-refractivity contribution is -0.279. The molecule has 1 heterocycles. The molecule has 1 rings (SSSR count). The van der Waals surface area contributed by atoms with E-state index in [2.05, 4.69) is 0 Å². The van der Waals surface area contributed by atoms with Crippen LogP contribution in [0.15, 0.2) is 0 Å². The molecule has 3 N–H and O–H groups in total. The number of carboxylic acid groups (broad SMARTS) is 1. The van der Waals surface area contributed by atoms with E-state index in [1.165, 1.54) is 0 Å². The number of aliphatic carboxylic acids is 1. The van der Waals surface area contributed by atoms with Crippen LogP contribution < -0.4 is 0 Å². The number of aliphatic hydroxyl groups excluding tert-OH is 2. The molecule has 0 radical (unpaired) electrons. The van der Waals surface area contributed by atoms with Crippen molar-refractivity contribution in [3.63, 3.8) is 0 Å². The highest BCUT2D eigenvalue weighted by Gasteiger charge is 2.45. The maximum Gasteiger partial charge on any atom is 0.335 e. The second-order valence-electron chi connectivity index (χ2n) is 3.56. The number of aliphatic hydroxyl groups is 2. The Labute approximate surface area is 87.4 Å². The predicted octanol–water partition coefficient (Wildman–Crippen LogP) is -0.810. The number of rotatable bonds is 3. The predicted molar refractivity (Wildman–Crippen MR) is 49.1 cm³/mol. The van der Waals surface area contributed by atoms with Crippen molar-refractivity contribution in [1.82, 2.24) is 0 Å². The highest BCUT2D eigenvalue weighted by Crippen LogP contribution is 2.26. The minimum absolute atomic E-state index is 0.302. The van der Waals surface area contributed by atoms with Crippen molar-refractivity contribution < 1.29 is 29.6 Å². The van der Waals surface area contributed by atoms with Crippen molar-refractivity contribution in [3.8, 4) is 0 Å². The molecule has 1 saturated heterocycles. The van der Waals surface area contributed by atoms with Crippen LogP contribution in [0.4, 0.5) is 0 Å². The van der Waals surface area contributed by atoms with Crippen LogP contribution in [0.1, 0.15) is 13.8 Å². The van der Waals surface area contributed by atoms with E-state index in [0.717, 1.165) is 0 Å². The molecule has 0 saturated carbocycles. The molecule has 0 aromatic rings. The maximum absolute atomic E-state index is 10.7. The molecule has 0 bridgehead atoms. The van der Waals surface area contributed by atoms with Gasteiger partial charge in [-0.1, -0.05) is 6.92 Å². The van der Waals surface area contributed by atoms with Crippen LogP contribution in [-0.4, -0.2) is 52.5 Å². The summed E-state index contributed by atoms with van der Waals surface area (Å²) in [5.41, 5.74) is 0. The zero-order valence-corrected chi connectivity index (χ0v) is 8.66. The van der Waals surface area contributed by atoms with Gasteiger partial charge in [0.1, 0.15) is 6.10 Å². The van der Waals surface area contributed by atoms with Gasteiger partial charge in [0.2, 0.25) is 0 Å². The van der Waals surface area contributed by atoms with Crippen LogP contribution in [0.5, 0.6) is 0 Å². The average Bonchev–Trinajstić information content (AvgIpc) is 2.18. The highest BCUT2D eigenvalue weighted by molar-refractivity contribution is 5.73. The van der Waals surface area contributed by atoms with Gasteiger partial charge in [0.05, 0.1) is 6.10 Å². The second kappa shape index (κ2) is 4.89. The monoisotopic (exact) mass is 220 g/mol. The van der Waals surface area contributed by atoms with Crippen molar-refractivity contribution >= 4 is 5.97 Å². The molecule has 0 unspecified atom stereocenters. The second-order valence-corrected chi connectivity index (χ2v) is 3.56. The van der Waals surface area contributed by atoms with Crippen LogP contribution in [0.25, 0.3) is 0 Å². The van der Waals surface area contributed by atoms with Gasteiger partial charge in [0.15, 0.2) is 12.4 Å². The van der Waals surface area contributed by atoms with Crippen LogP contribution in [0, 0.1) is 5.92 Å². The van der Waals surface area contributed by atoms with Gasteiger partial charge in [-0.05, 0) is 6.92 Å². The molecule has 1 fully saturated rings. The fraction of sp³-hybridized carbons (Fsp3) is 0.889. The maximum atomic E-state index is 10.7. The lowest BCUT2D eigenvalue weighted by Gasteiger charge is -2.39. The summed E-state index contributed by atoms with van der Waals surface area (Å²) in [6.45, 7) is 3.57. The quantitative estimate of drug-likeness (QED) is 0.575. The Bertz CT molecular complexity index is 231. The average molecular weight is 220 g/mol. The van der Waals surface area contributed by atoms with E-state index < -0.39 is 36.5 Å². The van der Waals surface area contributed by atoms with Gasteiger partial charge in [0.25, 0.3) is 0 Å². The summed E-state index contributed by atoms with van der Waals surface area (Å²) >= 11 is 0. The molecule has 6 heteroatoms. The van der Waals surface area contributed by atoms with Gasteiger partial charge in [0, 0.05) is 12.5 Å². The zero-order valence-electron chi connectivity index (χ0n) is 8.66. The normalized spacial score (nSPS) is 41.5. The number of carbonyl (C=O) groups is 1. The Hall–Kier alpha value is -0.690. The first-order valence-corrected chi connectivity index (χ1v) is 4.85. The minimum Gasteiger partial charge on any atom is -0.479 e. The van der Waals surface area contributed by atoms with Crippen molar-refractivity contribution in [1.29, 1.82) is 0 Å². The van der Waals surface area contributed by atoms with Gasteiger partial charge < -0.3 is 24.8 Å². The molecule has 6 nitrogen and oxygen atoms in total. The Balaban J connectivity index is 2.75. The summed E-state index contributed by atoms with van der Waals surface area (Å²) in [7, 11) is 0. The Morgan fingerprint density at radius 3 is 2.47 bits per heavy atom. The Morgan fingerprint density at radius 2 is 2.00 bits per heavy atom. The first kappa shape index (κ1) is 12.4. The molecular weight excluding hydrogens is 204 g/mol. The number of hydrogen-bond acceptors (Lipinski definition) is 5. The van der Waals surface area contributed by atoms with Gasteiger partial charge in [-0.3, -0.25) is 0 Å². The third-order valence-electron chi connectivity index (χ3n) is 2.52. The van der Waals surface area contributed by atoms with Gasteiger partial charge in [-0.2, -0.15) is 0 Å². The standard InChI is InChI=1S/C9H16O6/c1-3-14-9-6(11)4(2)5(10)7(15-9)8(12)13/h4-7,9-11H,3H2,1-2H3,(H,12,13)/t4-,5-,6+,7-,9+/m0/s1. The first-order chi connectivity index (χ1) is 6.99. The summed E-state index contributed by atoms with van der Waals surface area (Å²) in [6, 6.07) is 0. The molecule has 1 aliphatic rings. The largest absolute Gasteiger partial charge is 0.479 e. The van der Waals surface area contributed by atoms with Crippen LogP contribution >= 0.6 is 0 Å². The molecule has 5 atom stereocenters. The molecule has 0 spiro atoms. The lowest BCUT2D eigenvalue weighted by Crippen LogP contribution is -2.56. The summed E-state index contributed by atoms with van der Waals surface area (Å²) in [4.78, 5) is 10.7. The zero-order chi connectivity index (χ0) is 11.6. The van der Waals surface area contributed by atoms with E-state index in [9.17, 15) is 15.0 Å². The van der Waals surface area contributed by atoms with E-state index in [4.69, 9.17) is 14.6 Å². The topological polar surface area (TPSA) is 96.2 Å². The van der Waals surface area contributed by atoms with E-state index in [0.29, 0.717) is 6.61 Å². The van der Waals surface area contributed by atoms with Crippen molar-refractivity contribution in [2.24, 2.45) is 5.92 Å². The van der Waals surface area contributed by atoms with E-state index in [-0.39, 0.29) is 0 Å². The molecule has 88 valence electrons. The van der Waals surface area contributed by atoms with Crippen molar-refractivity contribution in [3.05, 3.63) is 0 Å². The molecule has 1 aliphatic heterocycles.